The maximum Gasteiger partial charge on any atom is 0.332 e. The van der Waals surface area contributed by atoms with Crippen molar-refractivity contribution in [2.24, 2.45) is 11.3 Å². The largest absolute Gasteiger partial charge is 0.469 e. The standard InChI is InChI=1S/C14H22N2O5/c1-6-7-9(2)14(8-10(17)21-5)11(18)15(3)13(20)16(4)12(14)19/h9H,6-8H2,1-5H3. The molecular weight excluding hydrogens is 276 g/mol. The molecule has 0 aliphatic carbocycles. The summed E-state index contributed by atoms with van der Waals surface area (Å²) in [6.07, 6.45) is 0.987. The van der Waals surface area contributed by atoms with Crippen LogP contribution in [0.3, 0.4) is 0 Å². The molecule has 1 rings (SSSR count). The highest BCUT2D eigenvalue weighted by atomic mass is 16.5. The molecule has 118 valence electrons. The molecule has 21 heavy (non-hydrogen) atoms. The Balaban J connectivity index is 3.38. The molecule has 0 aromatic heterocycles. The van der Waals surface area contributed by atoms with Crippen molar-refractivity contribution < 1.29 is 23.9 Å². The molecule has 1 heterocycles. The van der Waals surface area contributed by atoms with Crippen molar-refractivity contribution in [2.75, 3.05) is 21.2 Å². The van der Waals surface area contributed by atoms with E-state index in [1.165, 1.54) is 21.2 Å². The van der Waals surface area contributed by atoms with Gasteiger partial charge in [-0.1, -0.05) is 20.3 Å². The lowest BCUT2D eigenvalue weighted by atomic mass is 9.68. The van der Waals surface area contributed by atoms with E-state index in [0.717, 1.165) is 16.2 Å². The lowest BCUT2D eigenvalue weighted by Gasteiger charge is -2.44. The fourth-order valence-electron chi connectivity index (χ4n) is 2.82. The summed E-state index contributed by atoms with van der Waals surface area (Å²) in [7, 11) is 3.84. The summed E-state index contributed by atoms with van der Waals surface area (Å²) >= 11 is 0. The van der Waals surface area contributed by atoms with E-state index in [0.29, 0.717) is 6.42 Å². The van der Waals surface area contributed by atoms with Crippen LogP contribution >= 0.6 is 0 Å². The summed E-state index contributed by atoms with van der Waals surface area (Å²) < 4.78 is 4.63. The number of barbiturate groups is 1. The van der Waals surface area contributed by atoms with Gasteiger partial charge in [-0.05, 0) is 12.3 Å². The first-order chi connectivity index (χ1) is 9.73. The summed E-state index contributed by atoms with van der Waals surface area (Å²) in [4.78, 5) is 50.7. The van der Waals surface area contributed by atoms with Crippen LogP contribution in [0.15, 0.2) is 0 Å². The van der Waals surface area contributed by atoms with Crippen LogP contribution in [0.25, 0.3) is 0 Å². The molecule has 0 saturated carbocycles. The minimum atomic E-state index is -1.57. The van der Waals surface area contributed by atoms with Crippen LogP contribution in [-0.2, 0) is 19.1 Å². The van der Waals surface area contributed by atoms with Crippen LogP contribution in [-0.4, -0.2) is 54.8 Å². The Hall–Kier alpha value is -1.92. The summed E-state index contributed by atoms with van der Waals surface area (Å²) in [5, 5.41) is 0. The molecule has 0 N–H and O–H groups in total. The maximum absolute atomic E-state index is 12.6. The zero-order valence-electron chi connectivity index (χ0n) is 13.1. The van der Waals surface area contributed by atoms with Crippen molar-refractivity contribution in [1.82, 2.24) is 9.80 Å². The summed E-state index contributed by atoms with van der Waals surface area (Å²) in [5.74, 6) is -2.29. The van der Waals surface area contributed by atoms with E-state index in [2.05, 4.69) is 4.74 Å². The number of urea groups is 1. The number of hydrogen-bond acceptors (Lipinski definition) is 5. The van der Waals surface area contributed by atoms with Gasteiger partial charge in [-0.3, -0.25) is 24.2 Å². The van der Waals surface area contributed by atoms with Crippen LogP contribution < -0.4 is 0 Å². The topological polar surface area (TPSA) is 84.0 Å². The van der Waals surface area contributed by atoms with Gasteiger partial charge in [-0.2, -0.15) is 0 Å². The third kappa shape index (κ3) is 2.64. The van der Waals surface area contributed by atoms with Crippen molar-refractivity contribution in [3.8, 4) is 0 Å². The Bertz CT molecular complexity index is 450. The van der Waals surface area contributed by atoms with E-state index in [1.54, 1.807) is 6.92 Å². The van der Waals surface area contributed by atoms with Crippen molar-refractivity contribution in [2.45, 2.75) is 33.1 Å². The van der Waals surface area contributed by atoms with Gasteiger partial charge in [0.2, 0.25) is 11.8 Å². The van der Waals surface area contributed by atoms with Gasteiger partial charge >= 0.3 is 12.0 Å². The molecule has 1 aliphatic rings. The number of rotatable bonds is 5. The molecule has 1 unspecified atom stereocenters. The Morgan fingerprint density at radius 2 is 1.67 bits per heavy atom. The Morgan fingerprint density at radius 3 is 2.05 bits per heavy atom. The molecule has 1 atom stereocenters. The van der Waals surface area contributed by atoms with Gasteiger partial charge in [-0.15, -0.1) is 0 Å². The third-order valence-electron chi connectivity index (χ3n) is 4.16. The maximum atomic E-state index is 12.6. The quantitative estimate of drug-likeness (QED) is 0.559. The van der Waals surface area contributed by atoms with Crippen LogP contribution in [0.5, 0.6) is 0 Å². The smallest absolute Gasteiger partial charge is 0.332 e. The molecule has 0 spiro atoms. The van der Waals surface area contributed by atoms with Gasteiger partial charge in [-0.25, -0.2) is 4.79 Å². The van der Waals surface area contributed by atoms with Crippen molar-refractivity contribution in [3.05, 3.63) is 0 Å². The Kier molecular flexibility index (Phi) is 5.09. The lowest BCUT2D eigenvalue weighted by Crippen LogP contribution is -2.65. The number of carbonyl (C=O) groups excluding carboxylic acids is 4. The van der Waals surface area contributed by atoms with Crippen molar-refractivity contribution in [3.63, 3.8) is 0 Å². The molecule has 4 amide bonds. The van der Waals surface area contributed by atoms with Crippen LogP contribution in [0.1, 0.15) is 33.1 Å². The number of carbonyl (C=O) groups is 4. The Labute approximate surface area is 124 Å². The second-order valence-electron chi connectivity index (χ2n) is 5.42. The van der Waals surface area contributed by atoms with Crippen LogP contribution in [0.2, 0.25) is 0 Å². The number of nitrogens with zero attached hydrogens (tertiary/aromatic N) is 2. The lowest BCUT2D eigenvalue weighted by molar-refractivity contribution is -0.168. The van der Waals surface area contributed by atoms with Gasteiger partial charge in [0.05, 0.1) is 13.5 Å². The molecular formula is C14H22N2O5. The summed E-state index contributed by atoms with van der Waals surface area (Å²) in [5.41, 5.74) is -1.57. The van der Waals surface area contributed by atoms with Crippen molar-refractivity contribution in [1.29, 1.82) is 0 Å². The van der Waals surface area contributed by atoms with Crippen LogP contribution in [0, 0.1) is 11.3 Å². The van der Waals surface area contributed by atoms with E-state index >= 15 is 0 Å². The molecule has 0 aromatic rings. The van der Waals surface area contributed by atoms with Gasteiger partial charge in [0.25, 0.3) is 0 Å². The fourth-order valence-corrected chi connectivity index (χ4v) is 2.82. The predicted octanol–water partition coefficient (Wildman–Crippen LogP) is 1.02. The molecule has 0 bridgehead atoms. The zero-order chi connectivity index (χ0) is 16.4. The van der Waals surface area contributed by atoms with Gasteiger partial charge in [0, 0.05) is 14.1 Å². The van der Waals surface area contributed by atoms with E-state index in [-0.39, 0.29) is 12.3 Å². The normalized spacial score (nSPS) is 19.8. The van der Waals surface area contributed by atoms with Crippen LogP contribution in [0.4, 0.5) is 4.79 Å². The molecule has 7 nitrogen and oxygen atoms in total. The molecule has 0 radical (unpaired) electrons. The predicted molar refractivity (Wildman–Crippen MR) is 74.1 cm³/mol. The highest BCUT2D eigenvalue weighted by molar-refractivity contribution is 6.20. The highest BCUT2D eigenvalue weighted by Gasteiger charge is 2.59. The molecule has 1 fully saturated rings. The number of esters is 1. The number of amides is 4. The average molecular weight is 298 g/mol. The Morgan fingerprint density at radius 1 is 1.19 bits per heavy atom. The van der Waals surface area contributed by atoms with E-state index in [9.17, 15) is 19.2 Å². The van der Waals surface area contributed by atoms with E-state index < -0.39 is 29.2 Å². The third-order valence-corrected chi connectivity index (χ3v) is 4.16. The second-order valence-corrected chi connectivity index (χ2v) is 5.42. The van der Waals surface area contributed by atoms with Gasteiger partial charge in [0.1, 0.15) is 5.41 Å². The summed E-state index contributed by atoms with van der Waals surface area (Å²) in [6.45, 7) is 3.68. The number of ether oxygens (including phenoxy) is 1. The first-order valence-electron chi connectivity index (χ1n) is 6.91. The molecule has 0 aromatic carbocycles. The van der Waals surface area contributed by atoms with E-state index in [1.807, 2.05) is 6.92 Å². The highest BCUT2D eigenvalue weighted by Crippen LogP contribution is 2.41. The SMILES string of the molecule is CCCC(C)C1(CC(=O)OC)C(=O)N(C)C(=O)N(C)C1=O. The molecule has 7 heteroatoms. The monoisotopic (exact) mass is 298 g/mol. The average Bonchev–Trinajstić information content (AvgIpc) is 2.47. The minimum absolute atomic E-state index is 0.357. The first-order valence-corrected chi connectivity index (χ1v) is 6.91. The van der Waals surface area contributed by atoms with Gasteiger partial charge in [0.15, 0.2) is 0 Å². The fraction of sp³-hybridized carbons (Fsp3) is 0.714. The molecule has 1 aliphatic heterocycles. The first kappa shape index (κ1) is 17.1. The minimum Gasteiger partial charge on any atom is -0.469 e. The van der Waals surface area contributed by atoms with Gasteiger partial charge < -0.3 is 4.74 Å². The van der Waals surface area contributed by atoms with E-state index in [4.69, 9.17) is 0 Å². The molecule has 1 saturated heterocycles. The zero-order valence-corrected chi connectivity index (χ0v) is 13.1. The number of hydrogen-bond donors (Lipinski definition) is 0. The number of methoxy groups -OCH3 is 1. The second kappa shape index (κ2) is 6.24. The number of imide groups is 2. The van der Waals surface area contributed by atoms with Crippen molar-refractivity contribution >= 4 is 23.8 Å². The summed E-state index contributed by atoms with van der Waals surface area (Å²) in [6, 6.07) is -0.686.